The van der Waals surface area contributed by atoms with Crippen LogP contribution in [0.1, 0.15) is 32.6 Å². The summed E-state index contributed by atoms with van der Waals surface area (Å²) < 4.78 is 5.18. The van der Waals surface area contributed by atoms with E-state index in [0.717, 1.165) is 25.0 Å². The highest BCUT2D eigenvalue weighted by Gasteiger charge is 2.35. The lowest BCUT2D eigenvalue weighted by Crippen LogP contribution is -2.30. The summed E-state index contributed by atoms with van der Waals surface area (Å²) in [5.41, 5.74) is 0. The third-order valence-corrected chi connectivity index (χ3v) is 3.52. The van der Waals surface area contributed by atoms with E-state index in [-0.39, 0.29) is 0 Å². The summed E-state index contributed by atoms with van der Waals surface area (Å²) in [6.45, 7) is 3.89. The fourth-order valence-corrected chi connectivity index (χ4v) is 2.16. The van der Waals surface area contributed by atoms with Crippen LogP contribution in [-0.4, -0.2) is 41.2 Å². The Labute approximate surface area is 113 Å². The molecule has 1 aromatic rings. The maximum Gasteiger partial charge on any atom is 0.322 e. The van der Waals surface area contributed by atoms with Crippen LogP contribution in [0.4, 0.5) is 11.9 Å². The van der Waals surface area contributed by atoms with Crippen molar-refractivity contribution in [1.82, 2.24) is 15.0 Å². The minimum absolute atomic E-state index is 0.391. The molecule has 6 heteroatoms. The van der Waals surface area contributed by atoms with E-state index in [2.05, 4.69) is 25.2 Å². The Morgan fingerprint density at radius 3 is 2.58 bits per heavy atom. The normalized spacial score (nSPS) is 18.2. The average Bonchev–Trinajstić information content (AvgIpc) is 3.28. The standard InChI is InChI=1S/C13H21N5O/c1-3-14-11-15-12(17-13(16-11)19-2)18(10-6-7-10)8-9-4-5-9/h9-10H,3-8H2,1-2H3,(H,14,15,16,17). The Morgan fingerprint density at radius 1 is 1.21 bits per heavy atom. The number of rotatable bonds is 7. The van der Waals surface area contributed by atoms with Gasteiger partial charge < -0.3 is 15.0 Å². The highest BCUT2D eigenvalue weighted by Crippen LogP contribution is 2.36. The Kier molecular flexibility index (Phi) is 3.40. The number of hydrogen-bond donors (Lipinski definition) is 1. The van der Waals surface area contributed by atoms with Crippen LogP contribution >= 0.6 is 0 Å². The van der Waals surface area contributed by atoms with Gasteiger partial charge in [0.1, 0.15) is 0 Å². The van der Waals surface area contributed by atoms with E-state index in [1.807, 2.05) is 6.92 Å². The summed E-state index contributed by atoms with van der Waals surface area (Å²) in [4.78, 5) is 15.5. The average molecular weight is 263 g/mol. The van der Waals surface area contributed by atoms with E-state index in [1.165, 1.54) is 25.7 Å². The molecule has 0 aromatic carbocycles. The van der Waals surface area contributed by atoms with Gasteiger partial charge in [0, 0.05) is 19.1 Å². The largest absolute Gasteiger partial charge is 0.467 e. The molecule has 1 heterocycles. The van der Waals surface area contributed by atoms with E-state index in [1.54, 1.807) is 7.11 Å². The summed E-state index contributed by atoms with van der Waals surface area (Å²) in [7, 11) is 1.59. The Morgan fingerprint density at radius 2 is 2.00 bits per heavy atom. The van der Waals surface area contributed by atoms with Gasteiger partial charge in [-0.3, -0.25) is 0 Å². The first-order chi connectivity index (χ1) is 9.30. The first-order valence-corrected chi connectivity index (χ1v) is 7.10. The Bertz CT molecular complexity index is 445. The molecule has 2 saturated carbocycles. The maximum atomic E-state index is 5.18. The van der Waals surface area contributed by atoms with Crippen LogP contribution in [0.15, 0.2) is 0 Å². The second-order valence-corrected chi connectivity index (χ2v) is 5.30. The summed E-state index contributed by atoms with van der Waals surface area (Å²) >= 11 is 0. The molecule has 0 saturated heterocycles. The molecule has 0 unspecified atom stereocenters. The summed E-state index contributed by atoms with van der Waals surface area (Å²) in [6, 6.07) is 1.00. The van der Waals surface area contributed by atoms with Gasteiger partial charge in [-0.05, 0) is 38.5 Å². The molecule has 0 radical (unpaired) electrons. The van der Waals surface area contributed by atoms with Crippen molar-refractivity contribution in [2.24, 2.45) is 5.92 Å². The molecule has 2 fully saturated rings. The zero-order valence-corrected chi connectivity index (χ0v) is 11.6. The van der Waals surface area contributed by atoms with Gasteiger partial charge in [-0.15, -0.1) is 0 Å². The van der Waals surface area contributed by atoms with Gasteiger partial charge in [-0.25, -0.2) is 0 Å². The second kappa shape index (κ2) is 5.19. The molecule has 3 rings (SSSR count). The van der Waals surface area contributed by atoms with E-state index >= 15 is 0 Å². The third-order valence-electron chi connectivity index (χ3n) is 3.52. The van der Waals surface area contributed by atoms with Crippen LogP contribution in [0, 0.1) is 5.92 Å². The quantitative estimate of drug-likeness (QED) is 0.807. The topological polar surface area (TPSA) is 63.2 Å². The van der Waals surface area contributed by atoms with Gasteiger partial charge in [-0.1, -0.05) is 0 Å². The first-order valence-electron chi connectivity index (χ1n) is 7.10. The van der Waals surface area contributed by atoms with Crippen molar-refractivity contribution in [3.05, 3.63) is 0 Å². The van der Waals surface area contributed by atoms with Crippen molar-refractivity contribution in [2.45, 2.75) is 38.6 Å². The van der Waals surface area contributed by atoms with E-state index in [9.17, 15) is 0 Å². The summed E-state index contributed by atoms with van der Waals surface area (Å²) in [6.07, 6.45) is 5.17. The SMILES string of the molecule is CCNc1nc(OC)nc(N(CC2CC2)C2CC2)n1. The number of ether oxygens (including phenoxy) is 1. The molecule has 6 nitrogen and oxygen atoms in total. The molecule has 104 valence electrons. The highest BCUT2D eigenvalue weighted by atomic mass is 16.5. The molecule has 0 amide bonds. The van der Waals surface area contributed by atoms with E-state index < -0.39 is 0 Å². The van der Waals surface area contributed by atoms with Gasteiger partial charge >= 0.3 is 6.01 Å². The van der Waals surface area contributed by atoms with Gasteiger partial charge in [0.15, 0.2) is 0 Å². The third kappa shape index (κ3) is 3.05. The molecule has 19 heavy (non-hydrogen) atoms. The minimum atomic E-state index is 0.391. The predicted octanol–water partition coefficient (Wildman–Crippen LogP) is 1.69. The maximum absolute atomic E-state index is 5.18. The van der Waals surface area contributed by atoms with Crippen LogP contribution in [-0.2, 0) is 0 Å². The summed E-state index contributed by atoms with van der Waals surface area (Å²) in [5, 5.41) is 3.14. The molecule has 0 spiro atoms. The molecular formula is C13H21N5O. The van der Waals surface area contributed by atoms with Crippen LogP contribution in [0.25, 0.3) is 0 Å². The van der Waals surface area contributed by atoms with Crippen LogP contribution in [0.5, 0.6) is 6.01 Å². The van der Waals surface area contributed by atoms with Crippen molar-refractivity contribution in [3.63, 3.8) is 0 Å². The number of hydrogen-bond acceptors (Lipinski definition) is 6. The van der Waals surface area contributed by atoms with Crippen molar-refractivity contribution in [3.8, 4) is 6.01 Å². The highest BCUT2D eigenvalue weighted by molar-refractivity contribution is 5.41. The number of methoxy groups -OCH3 is 1. The number of aromatic nitrogens is 3. The van der Waals surface area contributed by atoms with E-state index in [0.29, 0.717) is 18.0 Å². The first kappa shape index (κ1) is 12.4. The lowest BCUT2D eigenvalue weighted by molar-refractivity contribution is 0.378. The number of nitrogens with zero attached hydrogens (tertiary/aromatic N) is 4. The molecule has 0 bridgehead atoms. The van der Waals surface area contributed by atoms with Gasteiger partial charge in [0.05, 0.1) is 7.11 Å². The molecule has 2 aliphatic rings. The van der Waals surface area contributed by atoms with Crippen LogP contribution in [0.2, 0.25) is 0 Å². The van der Waals surface area contributed by atoms with Gasteiger partial charge in [-0.2, -0.15) is 15.0 Å². The molecular weight excluding hydrogens is 242 g/mol. The number of anilines is 2. The van der Waals surface area contributed by atoms with Crippen molar-refractivity contribution >= 4 is 11.9 Å². The zero-order valence-electron chi connectivity index (χ0n) is 11.6. The molecule has 2 aliphatic carbocycles. The fourth-order valence-electron chi connectivity index (χ4n) is 2.16. The molecule has 0 aliphatic heterocycles. The summed E-state index contributed by atoms with van der Waals surface area (Å²) in [5.74, 6) is 2.19. The van der Waals surface area contributed by atoms with Crippen molar-refractivity contribution in [1.29, 1.82) is 0 Å². The molecule has 0 atom stereocenters. The van der Waals surface area contributed by atoms with Crippen molar-refractivity contribution < 1.29 is 4.74 Å². The Hall–Kier alpha value is -1.59. The minimum Gasteiger partial charge on any atom is -0.467 e. The number of nitrogens with one attached hydrogen (secondary N) is 1. The predicted molar refractivity (Wildman–Crippen MR) is 73.6 cm³/mol. The van der Waals surface area contributed by atoms with Crippen LogP contribution in [0.3, 0.4) is 0 Å². The van der Waals surface area contributed by atoms with Crippen LogP contribution < -0.4 is 15.0 Å². The lowest BCUT2D eigenvalue weighted by Gasteiger charge is -2.22. The second-order valence-electron chi connectivity index (χ2n) is 5.30. The fraction of sp³-hybridized carbons (Fsp3) is 0.769. The molecule has 1 aromatic heterocycles. The molecule has 1 N–H and O–H groups in total. The van der Waals surface area contributed by atoms with Gasteiger partial charge in [0.25, 0.3) is 0 Å². The Balaban J connectivity index is 1.84. The van der Waals surface area contributed by atoms with E-state index in [4.69, 9.17) is 4.74 Å². The van der Waals surface area contributed by atoms with Crippen molar-refractivity contribution in [2.75, 3.05) is 30.4 Å². The smallest absolute Gasteiger partial charge is 0.322 e. The van der Waals surface area contributed by atoms with Gasteiger partial charge in [0.2, 0.25) is 11.9 Å². The lowest BCUT2D eigenvalue weighted by atomic mass is 10.3. The monoisotopic (exact) mass is 263 g/mol. The zero-order chi connectivity index (χ0) is 13.2.